The van der Waals surface area contributed by atoms with Crippen LogP contribution < -0.4 is 0 Å². The van der Waals surface area contributed by atoms with E-state index >= 15 is 0 Å². The lowest BCUT2D eigenvalue weighted by Gasteiger charge is -2.13. The van der Waals surface area contributed by atoms with Crippen LogP contribution in [0.2, 0.25) is 5.02 Å². The molecule has 2 aromatic rings. The highest BCUT2D eigenvalue weighted by atomic mass is 35.5. The lowest BCUT2D eigenvalue weighted by molar-refractivity contribution is 0.0512. The smallest absolute Gasteiger partial charge is 0.339 e. The first-order valence-electron chi connectivity index (χ1n) is 7.31. The third-order valence-electron chi connectivity index (χ3n) is 3.18. The molecule has 0 atom stereocenters. The third-order valence-corrected chi connectivity index (χ3v) is 3.50. The summed E-state index contributed by atoms with van der Waals surface area (Å²) in [5.41, 5.74) is 1.91. The maximum Gasteiger partial charge on any atom is 0.339 e. The summed E-state index contributed by atoms with van der Waals surface area (Å²) >= 11 is 6.16. The molecule has 0 heterocycles. The molecule has 0 spiro atoms. The number of benzene rings is 2. The Bertz CT molecular complexity index is 710. The molecule has 0 fully saturated rings. The highest BCUT2D eigenvalue weighted by Gasteiger charge is 2.20. The molecular weight excluding hydrogens is 316 g/mol. The first-order chi connectivity index (χ1) is 11.1. The van der Waals surface area contributed by atoms with E-state index in [1.807, 2.05) is 30.3 Å². The lowest BCUT2D eigenvalue weighted by atomic mass is 9.97. The number of hydrogen-bond acceptors (Lipinski definition) is 4. The molecule has 4 nitrogen and oxygen atoms in total. The van der Waals surface area contributed by atoms with Gasteiger partial charge in [-0.15, -0.1) is 0 Å². The van der Waals surface area contributed by atoms with Crippen LogP contribution >= 0.6 is 11.6 Å². The molecular formula is C18H17ClO4. The van der Waals surface area contributed by atoms with Gasteiger partial charge >= 0.3 is 11.9 Å². The zero-order chi connectivity index (χ0) is 16.8. The van der Waals surface area contributed by atoms with Gasteiger partial charge in [0.25, 0.3) is 0 Å². The van der Waals surface area contributed by atoms with Crippen molar-refractivity contribution in [3.63, 3.8) is 0 Å². The predicted molar refractivity (Wildman–Crippen MR) is 88.8 cm³/mol. The van der Waals surface area contributed by atoms with Crippen molar-refractivity contribution in [3.8, 4) is 11.1 Å². The van der Waals surface area contributed by atoms with Gasteiger partial charge in [-0.2, -0.15) is 0 Å². The topological polar surface area (TPSA) is 52.6 Å². The molecule has 0 aromatic heterocycles. The van der Waals surface area contributed by atoms with Crippen LogP contribution in [0.1, 0.15) is 34.6 Å². The molecule has 0 aliphatic rings. The van der Waals surface area contributed by atoms with E-state index in [2.05, 4.69) is 0 Å². The van der Waals surface area contributed by atoms with Gasteiger partial charge in [0.1, 0.15) is 0 Å². The Morgan fingerprint density at radius 3 is 2.04 bits per heavy atom. The summed E-state index contributed by atoms with van der Waals surface area (Å²) < 4.78 is 10.1. The second-order valence-electron chi connectivity index (χ2n) is 4.68. The molecule has 0 bridgehead atoms. The number of carbonyl (C=O) groups is 2. The van der Waals surface area contributed by atoms with Crippen molar-refractivity contribution < 1.29 is 19.1 Å². The van der Waals surface area contributed by atoms with Crippen LogP contribution in [0.5, 0.6) is 0 Å². The molecule has 5 heteroatoms. The first kappa shape index (κ1) is 17.0. The summed E-state index contributed by atoms with van der Waals surface area (Å²) in [7, 11) is 0. The number of halogens is 1. The Kier molecular flexibility index (Phi) is 5.77. The first-order valence-corrected chi connectivity index (χ1v) is 7.69. The average molecular weight is 333 g/mol. The van der Waals surface area contributed by atoms with Crippen molar-refractivity contribution in [2.24, 2.45) is 0 Å². The molecule has 0 amide bonds. The van der Waals surface area contributed by atoms with Crippen LogP contribution in [0.15, 0.2) is 42.5 Å². The van der Waals surface area contributed by atoms with Gasteiger partial charge in [-0.1, -0.05) is 41.9 Å². The quantitative estimate of drug-likeness (QED) is 0.763. The lowest BCUT2D eigenvalue weighted by Crippen LogP contribution is -2.10. The molecule has 0 aliphatic heterocycles. The van der Waals surface area contributed by atoms with Gasteiger partial charge in [-0.25, -0.2) is 9.59 Å². The maximum atomic E-state index is 12.2. The van der Waals surface area contributed by atoms with Gasteiger partial charge < -0.3 is 9.47 Å². The van der Waals surface area contributed by atoms with Crippen LogP contribution in [-0.2, 0) is 9.47 Å². The van der Waals surface area contributed by atoms with Crippen molar-refractivity contribution in [1.82, 2.24) is 0 Å². The summed E-state index contributed by atoms with van der Waals surface area (Å²) in [6.07, 6.45) is 0. The van der Waals surface area contributed by atoms with E-state index in [0.717, 1.165) is 5.56 Å². The number of carbonyl (C=O) groups excluding carboxylic acids is 2. The molecule has 0 unspecified atom stereocenters. The van der Waals surface area contributed by atoms with E-state index in [4.69, 9.17) is 21.1 Å². The Labute approximate surface area is 140 Å². The molecule has 0 saturated heterocycles. The highest BCUT2D eigenvalue weighted by molar-refractivity contribution is 6.34. The molecule has 0 radical (unpaired) electrons. The van der Waals surface area contributed by atoms with Crippen molar-refractivity contribution in [2.45, 2.75) is 13.8 Å². The fraction of sp³-hybridized carbons (Fsp3) is 0.222. The Balaban J connectivity index is 2.61. The minimum atomic E-state index is -0.523. The number of rotatable bonds is 5. The summed E-state index contributed by atoms with van der Waals surface area (Å²) in [5.74, 6) is -1.01. The van der Waals surface area contributed by atoms with Crippen LogP contribution in [0, 0.1) is 0 Å². The van der Waals surface area contributed by atoms with E-state index < -0.39 is 11.9 Å². The summed E-state index contributed by atoms with van der Waals surface area (Å²) in [4.78, 5) is 24.2. The molecule has 2 rings (SSSR count). The SMILES string of the molecule is CCOC(=O)c1cc(-c2ccccc2)c(C(=O)OCC)cc1Cl. The predicted octanol–water partition coefficient (Wildman–Crippen LogP) is 4.36. The van der Waals surface area contributed by atoms with Crippen molar-refractivity contribution in [1.29, 1.82) is 0 Å². The minimum absolute atomic E-state index is 0.159. The zero-order valence-electron chi connectivity index (χ0n) is 13.0. The molecule has 0 saturated carbocycles. The number of ether oxygens (including phenoxy) is 2. The van der Waals surface area contributed by atoms with Gasteiger partial charge in [-0.05, 0) is 37.1 Å². The van der Waals surface area contributed by atoms with Crippen LogP contribution in [0.25, 0.3) is 11.1 Å². The Morgan fingerprint density at radius 1 is 0.913 bits per heavy atom. The summed E-state index contributed by atoms with van der Waals surface area (Å²) in [6.45, 7) is 3.95. The van der Waals surface area contributed by atoms with E-state index in [1.165, 1.54) is 6.07 Å². The summed E-state index contributed by atoms with van der Waals surface area (Å²) in [6, 6.07) is 12.3. The second kappa shape index (κ2) is 7.79. The second-order valence-corrected chi connectivity index (χ2v) is 5.09. The maximum absolute atomic E-state index is 12.2. The molecule has 0 N–H and O–H groups in total. The van der Waals surface area contributed by atoms with Gasteiger partial charge in [0, 0.05) is 0 Å². The fourth-order valence-electron chi connectivity index (χ4n) is 2.17. The monoisotopic (exact) mass is 332 g/mol. The van der Waals surface area contributed by atoms with E-state index in [1.54, 1.807) is 19.9 Å². The average Bonchev–Trinajstić information content (AvgIpc) is 2.55. The number of hydrogen-bond donors (Lipinski definition) is 0. The minimum Gasteiger partial charge on any atom is -0.462 e. The molecule has 120 valence electrons. The number of esters is 2. The largest absolute Gasteiger partial charge is 0.462 e. The van der Waals surface area contributed by atoms with E-state index in [-0.39, 0.29) is 23.8 Å². The van der Waals surface area contributed by atoms with Crippen LogP contribution in [0.4, 0.5) is 0 Å². The third kappa shape index (κ3) is 3.90. The van der Waals surface area contributed by atoms with Gasteiger partial charge in [-0.3, -0.25) is 0 Å². The van der Waals surface area contributed by atoms with Gasteiger partial charge in [0.05, 0.1) is 29.4 Å². The fourth-order valence-corrected chi connectivity index (χ4v) is 2.41. The zero-order valence-corrected chi connectivity index (χ0v) is 13.7. The van der Waals surface area contributed by atoms with Crippen LogP contribution in [-0.4, -0.2) is 25.2 Å². The van der Waals surface area contributed by atoms with E-state index in [9.17, 15) is 9.59 Å². The van der Waals surface area contributed by atoms with Crippen molar-refractivity contribution in [3.05, 3.63) is 58.6 Å². The molecule has 23 heavy (non-hydrogen) atoms. The van der Waals surface area contributed by atoms with Gasteiger partial charge in [0.2, 0.25) is 0 Å². The highest BCUT2D eigenvalue weighted by Crippen LogP contribution is 2.30. The van der Waals surface area contributed by atoms with Crippen LogP contribution in [0.3, 0.4) is 0 Å². The molecule has 0 aliphatic carbocycles. The summed E-state index contributed by atoms with van der Waals surface area (Å²) in [5, 5.41) is 0.159. The molecule has 2 aromatic carbocycles. The Hall–Kier alpha value is -2.33. The van der Waals surface area contributed by atoms with Crippen molar-refractivity contribution in [2.75, 3.05) is 13.2 Å². The Morgan fingerprint density at radius 2 is 1.48 bits per heavy atom. The normalized spacial score (nSPS) is 10.2. The standard InChI is InChI=1S/C18H17ClO4/c1-3-22-17(20)14-11-16(19)15(18(21)23-4-2)10-13(14)12-8-6-5-7-9-12/h5-11H,3-4H2,1-2H3. The van der Waals surface area contributed by atoms with E-state index in [0.29, 0.717) is 11.1 Å². The van der Waals surface area contributed by atoms with Crippen molar-refractivity contribution >= 4 is 23.5 Å². The van der Waals surface area contributed by atoms with Gasteiger partial charge in [0.15, 0.2) is 0 Å².